The molecule has 12 heteroatoms. The highest BCUT2D eigenvalue weighted by molar-refractivity contribution is 5.95. The minimum Gasteiger partial charge on any atom is -0.451 e. The van der Waals surface area contributed by atoms with Gasteiger partial charge in [-0.15, -0.1) is 13.2 Å². The van der Waals surface area contributed by atoms with Crippen LogP contribution in [0.15, 0.2) is 58.1 Å². The van der Waals surface area contributed by atoms with E-state index in [1.165, 1.54) is 31.2 Å². The van der Waals surface area contributed by atoms with Crippen molar-refractivity contribution < 1.29 is 32.2 Å². The molecule has 1 amide bonds. The molecule has 0 aliphatic heterocycles. The van der Waals surface area contributed by atoms with E-state index in [2.05, 4.69) is 15.2 Å². The fourth-order valence-electron chi connectivity index (χ4n) is 2.76. The molecule has 1 unspecified atom stereocenters. The summed E-state index contributed by atoms with van der Waals surface area (Å²) in [4.78, 5) is 48.8. The van der Waals surface area contributed by atoms with Gasteiger partial charge in [-0.05, 0) is 43.3 Å². The molecule has 9 nitrogen and oxygen atoms in total. The Balaban J connectivity index is 1.61. The highest BCUT2D eigenvalue weighted by Gasteiger charge is 2.31. The summed E-state index contributed by atoms with van der Waals surface area (Å²) < 4.78 is 46.0. The van der Waals surface area contributed by atoms with Crippen LogP contribution in [-0.2, 0) is 20.9 Å². The number of nitrogens with zero attached hydrogens (tertiary/aromatic N) is 1. The first-order valence-corrected chi connectivity index (χ1v) is 9.11. The summed E-state index contributed by atoms with van der Waals surface area (Å²) in [5.41, 5.74) is -1.05. The first kappa shape index (κ1) is 22.6. The first-order chi connectivity index (χ1) is 15.0. The number of hydrogen-bond donors (Lipinski definition) is 2. The van der Waals surface area contributed by atoms with Gasteiger partial charge < -0.3 is 14.8 Å². The lowest BCUT2D eigenvalue weighted by Crippen LogP contribution is -2.35. The van der Waals surface area contributed by atoms with Crippen molar-refractivity contribution in [2.75, 3.05) is 5.32 Å². The van der Waals surface area contributed by atoms with E-state index in [0.29, 0.717) is 0 Å². The zero-order valence-corrected chi connectivity index (χ0v) is 16.4. The van der Waals surface area contributed by atoms with Gasteiger partial charge in [-0.25, -0.2) is 4.68 Å². The maximum absolute atomic E-state index is 12.4. The lowest BCUT2D eigenvalue weighted by Gasteiger charge is -2.14. The molecule has 1 atom stereocenters. The average Bonchev–Trinajstić information content (AvgIpc) is 2.72. The van der Waals surface area contributed by atoms with Gasteiger partial charge >= 0.3 is 12.3 Å². The summed E-state index contributed by atoms with van der Waals surface area (Å²) >= 11 is 0. The van der Waals surface area contributed by atoms with Crippen molar-refractivity contribution in [2.45, 2.75) is 25.9 Å². The number of hydrogen-bond acceptors (Lipinski definition) is 6. The number of H-pyrrole nitrogens is 1. The minimum atomic E-state index is -4.84. The summed E-state index contributed by atoms with van der Waals surface area (Å²) in [5.74, 6) is -2.19. The number of rotatable bonds is 6. The van der Waals surface area contributed by atoms with Crippen LogP contribution < -0.4 is 21.2 Å². The van der Waals surface area contributed by atoms with Gasteiger partial charge in [0.25, 0.3) is 17.0 Å². The Morgan fingerprint density at radius 2 is 1.69 bits per heavy atom. The maximum atomic E-state index is 12.4. The number of carbonyl (C=O) groups is 2. The van der Waals surface area contributed by atoms with Crippen molar-refractivity contribution in [1.29, 1.82) is 0 Å². The second-order valence-electron chi connectivity index (χ2n) is 6.57. The third kappa shape index (κ3) is 5.53. The highest BCUT2D eigenvalue weighted by Crippen LogP contribution is 2.24. The Hall–Kier alpha value is -4.09. The molecule has 0 bridgehead atoms. The van der Waals surface area contributed by atoms with Crippen LogP contribution >= 0.6 is 0 Å². The smallest absolute Gasteiger partial charge is 0.451 e. The van der Waals surface area contributed by atoms with Crippen LogP contribution in [0.2, 0.25) is 0 Å². The fraction of sp³-hybridized carbons (Fsp3) is 0.200. The fourth-order valence-corrected chi connectivity index (χ4v) is 2.76. The third-order valence-corrected chi connectivity index (χ3v) is 4.20. The number of fused-ring (bicyclic) bond motifs is 1. The van der Waals surface area contributed by atoms with Gasteiger partial charge in [-0.1, -0.05) is 12.1 Å². The molecule has 0 fully saturated rings. The number of esters is 1. The van der Waals surface area contributed by atoms with Gasteiger partial charge in [0.05, 0.1) is 10.8 Å². The molecule has 0 spiro atoms. The molecule has 0 radical (unpaired) electrons. The normalized spacial score (nSPS) is 12.2. The van der Waals surface area contributed by atoms with Crippen LogP contribution in [0.25, 0.3) is 10.8 Å². The molecule has 0 aliphatic rings. The number of aromatic nitrogens is 2. The number of benzene rings is 2. The minimum absolute atomic E-state index is 0.118. The Bertz CT molecular complexity index is 1260. The van der Waals surface area contributed by atoms with Crippen LogP contribution in [0.1, 0.15) is 6.92 Å². The van der Waals surface area contributed by atoms with Gasteiger partial charge in [0, 0.05) is 5.69 Å². The molecule has 0 aliphatic carbocycles. The number of anilines is 1. The number of nitrogens with one attached hydrogen (secondary N) is 2. The standard InChI is InChI=1S/C20H16F3N3O6/c1-11(17(28)24-12-6-8-13(9-7-12)32-20(21,22)23)31-16(27)10-26-19(30)15-5-3-2-4-14(15)18(29)25-26/h2-9,11H,10H2,1H3,(H,24,28)(H,25,29). The number of halogens is 3. The van der Waals surface area contributed by atoms with E-state index in [-0.39, 0.29) is 16.5 Å². The molecular formula is C20H16F3N3O6. The van der Waals surface area contributed by atoms with Crippen molar-refractivity contribution in [3.63, 3.8) is 0 Å². The lowest BCUT2D eigenvalue weighted by atomic mass is 10.2. The van der Waals surface area contributed by atoms with E-state index in [0.717, 1.165) is 16.8 Å². The average molecular weight is 451 g/mol. The number of alkyl halides is 3. The van der Waals surface area contributed by atoms with Crippen molar-refractivity contribution in [3.8, 4) is 5.75 Å². The quantitative estimate of drug-likeness (QED) is 0.555. The van der Waals surface area contributed by atoms with Gasteiger partial charge in [0.15, 0.2) is 6.10 Å². The summed E-state index contributed by atoms with van der Waals surface area (Å²) in [6.45, 7) is 0.625. The molecule has 0 saturated heterocycles. The zero-order valence-electron chi connectivity index (χ0n) is 16.4. The van der Waals surface area contributed by atoms with Crippen molar-refractivity contribution >= 4 is 28.3 Å². The summed E-state index contributed by atoms with van der Waals surface area (Å²) in [6, 6.07) is 10.4. The Kier molecular flexibility index (Phi) is 6.32. The van der Waals surface area contributed by atoms with Gasteiger partial charge in [0.1, 0.15) is 12.3 Å². The molecule has 168 valence electrons. The van der Waals surface area contributed by atoms with Crippen molar-refractivity contribution in [2.24, 2.45) is 0 Å². The Morgan fingerprint density at radius 3 is 2.31 bits per heavy atom. The van der Waals surface area contributed by atoms with Crippen LogP contribution in [0.4, 0.5) is 18.9 Å². The van der Waals surface area contributed by atoms with Crippen molar-refractivity contribution in [3.05, 3.63) is 69.2 Å². The Labute approximate surface area is 177 Å². The molecule has 0 saturated carbocycles. The van der Waals surface area contributed by atoms with E-state index < -0.39 is 47.8 Å². The topological polar surface area (TPSA) is 119 Å². The summed E-state index contributed by atoms with van der Waals surface area (Å²) in [6.07, 6.45) is -6.14. The van der Waals surface area contributed by atoms with E-state index in [9.17, 15) is 32.3 Å². The predicted octanol–water partition coefficient (Wildman–Crippen LogP) is 2.16. The number of aromatic amines is 1. The van der Waals surface area contributed by atoms with Crippen LogP contribution in [0.3, 0.4) is 0 Å². The predicted molar refractivity (Wildman–Crippen MR) is 106 cm³/mol. The third-order valence-electron chi connectivity index (χ3n) is 4.20. The molecule has 2 N–H and O–H groups in total. The van der Waals surface area contributed by atoms with Gasteiger partial charge in [-0.3, -0.25) is 24.3 Å². The molecule has 3 aromatic rings. The van der Waals surface area contributed by atoms with E-state index in [1.807, 2.05) is 0 Å². The van der Waals surface area contributed by atoms with Crippen LogP contribution in [0, 0.1) is 0 Å². The second kappa shape index (κ2) is 8.96. The van der Waals surface area contributed by atoms with Crippen molar-refractivity contribution in [1.82, 2.24) is 9.78 Å². The molecule has 2 aromatic carbocycles. The lowest BCUT2D eigenvalue weighted by molar-refractivity contribution is -0.274. The number of ether oxygens (including phenoxy) is 2. The molecular weight excluding hydrogens is 435 g/mol. The van der Waals surface area contributed by atoms with E-state index >= 15 is 0 Å². The molecule has 3 rings (SSSR count). The molecule has 32 heavy (non-hydrogen) atoms. The highest BCUT2D eigenvalue weighted by atomic mass is 19.4. The van der Waals surface area contributed by atoms with Gasteiger partial charge in [0.2, 0.25) is 0 Å². The van der Waals surface area contributed by atoms with E-state index in [1.54, 1.807) is 12.1 Å². The number of amides is 1. The number of carbonyl (C=O) groups excluding carboxylic acids is 2. The molecule has 1 aromatic heterocycles. The monoisotopic (exact) mass is 451 g/mol. The maximum Gasteiger partial charge on any atom is 0.573 e. The van der Waals surface area contributed by atoms with E-state index in [4.69, 9.17) is 4.74 Å². The van der Waals surface area contributed by atoms with Crippen LogP contribution in [-0.4, -0.2) is 34.1 Å². The second-order valence-corrected chi connectivity index (χ2v) is 6.57. The first-order valence-electron chi connectivity index (χ1n) is 9.11. The van der Waals surface area contributed by atoms with Gasteiger partial charge in [-0.2, -0.15) is 0 Å². The summed E-state index contributed by atoms with van der Waals surface area (Å²) in [5, 5.41) is 4.92. The zero-order chi connectivity index (χ0) is 23.5. The SMILES string of the molecule is CC(OC(=O)Cn1[nH]c(=O)c2ccccc2c1=O)C(=O)Nc1ccc(OC(F)(F)F)cc1. The largest absolute Gasteiger partial charge is 0.573 e. The Morgan fingerprint density at radius 1 is 1.06 bits per heavy atom. The molecule has 1 heterocycles. The van der Waals surface area contributed by atoms with Crippen LogP contribution in [0.5, 0.6) is 5.75 Å². The summed E-state index contributed by atoms with van der Waals surface area (Å²) in [7, 11) is 0.